The fourth-order valence-electron chi connectivity index (χ4n) is 1.95. The molecule has 0 fully saturated rings. The molecular formula is C17H18. The van der Waals surface area contributed by atoms with Crippen LogP contribution in [0.3, 0.4) is 0 Å². The van der Waals surface area contributed by atoms with Crippen molar-refractivity contribution in [3.05, 3.63) is 86.0 Å². The van der Waals surface area contributed by atoms with Gasteiger partial charge in [-0.05, 0) is 16.7 Å². The highest BCUT2D eigenvalue weighted by Gasteiger charge is 2.23. The first-order valence-electron chi connectivity index (χ1n) is 5.48. The van der Waals surface area contributed by atoms with Crippen molar-refractivity contribution in [1.82, 2.24) is 0 Å². The highest BCUT2D eigenvalue weighted by Crippen LogP contribution is 2.33. The monoisotopic (exact) mass is 222 g/mol. The summed E-state index contributed by atoms with van der Waals surface area (Å²) >= 11 is 0. The quantitative estimate of drug-likeness (QED) is 0.608. The average Bonchev–Trinajstić information content (AvgIpc) is 2.41. The summed E-state index contributed by atoms with van der Waals surface area (Å²) < 4.78 is 0. The summed E-state index contributed by atoms with van der Waals surface area (Å²) in [6, 6.07) is 6.03. The zero-order valence-corrected chi connectivity index (χ0v) is 10.2. The molecule has 1 aromatic carbocycles. The van der Waals surface area contributed by atoms with Gasteiger partial charge in [-0.15, -0.1) is 19.7 Å². The lowest BCUT2D eigenvalue weighted by Crippen LogP contribution is -2.18. The lowest BCUT2D eigenvalue weighted by Gasteiger charge is -2.26. The topological polar surface area (TPSA) is 0 Å². The molecule has 0 spiro atoms. The second-order valence-corrected chi connectivity index (χ2v) is 3.76. The van der Waals surface area contributed by atoms with Gasteiger partial charge in [-0.3, -0.25) is 0 Å². The first kappa shape index (κ1) is 13.0. The normalized spacial score (nSPS) is 10.4. The second-order valence-electron chi connectivity index (χ2n) is 3.76. The van der Waals surface area contributed by atoms with E-state index in [1.807, 2.05) is 48.6 Å². The van der Waals surface area contributed by atoms with Crippen LogP contribution in [-0.4, -0.2) is 0 Å². The molecule has 0 heterocycles. The third-order valence-corrected chi connectivity index (χ3v) is 3.04. The average molecular weight is 222 g/mol. The van der Waals surface area contributed by atoms with E-state index in [4.69, 9.17) is 0 Å². The summed E-state index contributed by atoms with van der Waals surface area (Å²) in [6.45, 7) is 19.3. The van der Waals surface area contributed by atoms with Crippen LogP contribution in [0.1, 0.15) is 16.7 Å². The minimum atomic E-state index is -0.428. The predicted molar refractivity (Wildman–Crippen MR) is 78.9 cm³/mol. The van der Waals surface area contributed by atoms with Gasteiger partial charge in [0.05, 0.1) is 0 Å². The van der Waals surface area contributed by atoms with Gasteiger partial charge in [0, 0.05) is 5.41 Å². The van der Waals surface area contributed by atoms with Crippen molar-refractivity contribution in [1.29, 1.82) is 0 Å². The molecule has 17 heavy (non-hydrogen) atoms. The summed E-state index contributed by atoms with van der Waals surface area (Å²) in [7, 11) is 0. The summed E-state index contributed by atoms with van der Waals surface area (Å²) in [4.78, 5) is 0. The fourth-order valence-corrected chi connectivity index (χ4v) is 1.95. The Kier molecular flexibility index (Phi) is 4.06. The van der Waals surface area contributed by atoms with Gasteiger partial charge in [0.2, 0.25) is 0 Å². The van der Waals surface area contributed by atoms with Gasteiger partial charge in [0.1, 0.15) is 0 Å². The van der Waals surface area contributed by atoms with Gasteiger partial charge in [-0.1, -0.05) is 61.7 Å². The Morgan fingerprint density at radius 1 is 0.824 bits per heavy atom. The van der Waals surface area contributed by atoms with Gasteiger partial charge in [-0.25, -0.2) is 0 Å². The third kappa shape index (κ3) is 2.07. The maximum atomic E-state index is 3.88. The van der Waals surface area contributed by atoms with Crippen molar-refractivity contribution in [3.8, 4) is 0 Å². The summed E-state index contributed by atoms with van der Waals surface area (Å²) in [5.41, 5.74) is 2.74. The van der Waals surface area contributed by atoms with Crippen molar-refractivity contribution in [2.24, 2.45) is 0 Å². The minimum Gasteiger partial charge on any atom is -0.102 e. The van der Waals surface area contributed by atoms with Crippen LogP contribution in [0.4, 0.5) is 0 Å². The molecule has 0 aromatic heterocycles. The number of allylic oxidation sites excluding steroid dienone is 3. The van der Waals surface area contributed by atoms with Crippen LogP contribution in [0.15, 0.2) is 69.3 Å². The van der Waals surface area contributed by atoms with Crippen molar-refractivity contribution in [2.75, 3.05) is 0 Å². The lowest BCUT2D eigenvalue weighted by molar-refractivity contribution is 0.861. The molecule has 0 saturated heterocycles. The Bertz CT molecular complexity index is 453. The first-order valence-corrected chi connectivity index (χ1v) is 5.48. The molecule has 0 aliphatic heterocycles. The zero-order valence-electron chi connectivity index (χ0n) is 10.2. The van der Waals surface area contributed by atoms with Crippen LogP contribution in [-0.2, 0) is 5.41 Å². The van der Waals surface area contributed by atoms with E-state index in [1.54, 1.807) is 0 Å². The molecule has 1 rings (SSSR count). The number of benzene rings is 1. The van der Waals surface area contributed by atoms with Gasteiger partial charge in [-0.2, -0.15) is 0 Å². The lowest BCUT2D eigenvalue weighted by atomic mass is 9.77. The van der Waals surface area contributed by atoms with Gasteiger partial charge >= 0.3 is 0 Å². The van der Waals surface area contributed by atoms with Crippen LogP contribution in [0.25, 0.3) is 12.2 Å². The van der Waals surface area contributed by atoms with Crippen molar-refractivity contribution < 1.29 is 0 Å². The molecule has 0 amide bonds. The van der Waals surface area contributed by atoms with Crippen molar-refractivity contribution in [3.63, 3.8) is 0 Å². The van der Waals surface area contributed by atoms with Crippen LogP contribution >= 0.6 is 0 Å². The Morgan fingerprint density at radius 3 is 1.82 bits per heavy atom. The van der Waals surface area contributed by atoms with E-state index < -0.39 is 5.41 Å². The molecule has 0 aliphatic carbocycles. The molecule has 0 nitrogen and oxygen atoms in total. The zero-order chi connectivity index (χ0) is 12.9. The standard InChI is InChI=1S/C17H18/c1-6-14-12-11-13-16(15(14)7-2)17(8-3,9-4)10-5/h6-13H,1-5H2. The maximum absolute atomic E-state index is 3.88. The van der Waals surface area contributed by atoms with Crippen molar-refractivity contribution >= 4 is 12.2 Å². The Morgan fingerprint density at radius 2 is 1.41 bits per heavy atom. The molecule has 0 radical (unpaired) electrons. The molecule has 0 aliphatic rings. The fraction of sp³-hybridized carbons (Fsp3) is 0.0588. The number of hydrogen-bond donors (Lipinski definition) is 0. The second kappa shape index (κ2) is 5.31. The summed E-state index contributed by atoms with van der Waals surface area (Å²) in [6.07, 6.45) is 9.16. The van der Waals surface area contributed by atoms with E-state index in [9.17, 15) is 0 Å². The van der Waals surface area contributed by atoms with Crippen molar-refractivity contribution in [2.45, 2.75) is 5.41 Å². The highest BCUT2D eigenvalue weighted by molar-refractivity contribution is 5.69. The Balaban J connectivity index is 3.64. The van der Waals surface area contributed by atoms with E-state index in [2.05, 4.69) is 32.9 Å². The molecule has 0 atom stereocenters. The largest absolute Gasteiger partial charge is 0.102 e. The number of rotatable bonds is 6. The van der Waals surface area contributed by atoms with E-state index in [0.29, 0.717) is 0 Å². The predicted octanol–water partition coefficient (Wildman–Crippen LogP) is 4.77. The maximum Gasteiger partial charge on any atom is 0.0491 e. The highest BCUT2D eigenvalue weighted by atomic mass is 14.3. The van der Waals surface area contributed by atoms with E-state index in [0.717, 1.165) is 16.7 Å². The molecule has 0 saturated carbocycles. The van der Waals surface area contributed by atoms with Gasteiger partial charge in [0.25, 0.3) is 0 Å². The summed E-state index contributed by atoms with van der Waals surface area (Å²) in [5.74, 6) is 0. The van der Waals surface area contributed by atoms with Gasteiger partial charge < -0.3 is 0 Å². The van der Waals surface area contributed by atoms with E-state index in [-0.39, 0.29) is 0 Å². The molecule has 86 valence electrons. The Hall–Kier alpha value is -2.08. The van der Waals surface area contributed by atoms with E-state index in [1.165, 1.54) is 0 Å². The molecule has 0 bridgehead atoms. The summed E-state index contributed by atoms with van der Waals surface area (Å²) in [5, 5.41) is 0. The molecule has 0 N–H and O–H groups in total. The molecule has 0 heteroatoms. The van der Waals surface area contributed by atoms with Crippen LogP contribution in [0, 0.1) is 0 Å². The Labute approximate surface area is 104 Å². The minimum absolute atomic E-state index is 0.428. The molecule has 1 aromatic rings. The first-order chi connectivity index (χ1) is 8.18. The van der Waals surface area contributed by atoms with Crippen LogP contribution in [0.2, 0.25) is 0 Å². The van der Waals surface area contributed by atoms with E-state index >= 15 is 0 Å². The number of hydrogen-bond acceptors (Lipinski definition) is 0. The smallest absolute Gasteiger partial charge is 0.0491 e. The van der Waals surface area contributed by atoms with Crippen LogP contribution in [0.5, 0.6) is 0 Å². The van der Waals surface area contributed by atoms with Crippen LogP contribution < -0.4 is 0 Å². The van der Waals surface area contributed by atoms with Gasteiger partial charge in [0.15, 0.2) is 0 Å². The SMILES string of the molecule is C=Cc1cccc(C(C=C)(C=C)C=C)c1C=C. The molecular weight excluding hydrogens is 204 g/mol. The molecule has 0 unspecified atom stereocenters. The third-order valence-electron chi connectivity index (χ3n) is 3.04.